The Morgan fingerprint density at radius 1 is 1.22 bits per heavy atom. The molecule has 1 aromatic heterocycles. The van der Waals surface area contributed by atoms with Crippen LogP contribution >= 0.6 is 0 Å². The summed E-state index contributed by atoms with van der Waals surface area (Å²) in [5.74, 6) is -0.863. The minimum absolute atomic E-state index is 0.198. The van der Waals surface area contributed by atoms with Gasteiger partial charge in [-0.05, 0) is 62.9 Å². The molecular weight excluding hydrogens is 357 g/mol. The standard InChI is InChI=1S/C19H23F3N4O/c20-19(21,22)18-24-14-7-6-12(10-15(14)25-18)17(27)23-11-13-4-3-9-26-8-2-1-5-16(13)26/h6-7,10,13,16H,1-5,8-9,11H2,(H,23,27)(H,24,25). The topological polar surface area (TPSA) is 61.0 Å². The van der Waals surface area contributed by atoms with E-state index in [4.69, 9.17) is 0 Å². The van der Waals surface area contributed by atoms with Gasteiger partial charge in [0.05, 0.1) is 11.0 Å². The highest BCUT2D eigenvalue weighted by atomic mass is 19.4. The van der Waals surface area contributed by atoms with Gasteiger partial charge < -0.3 is 15.2 Å². The van der Waals surface area contributed by atoms with Crippen LogP contribution in [0.3, 0.4) is 0 Å². The van der Waals surface area contributed by atoms with Crippen molar-refractivity contribution in [1.29, 1.82) is 0 Å². The van der Waals surface area contributed by atoms with Gasteiger partial charge in [-0.1, -0.05) is 6.42 Å². The van der Waals surface area contributed by atoms with E-state index in [9.17, 15) is 18.0 Å². The molecule has 146 valence electrons. The lowest BCUT2D eigenvalue weighted by atomic mass is 9.83. The van der Waals surface area contributed by atoms with E-state index in [1.165, 1.54) is 37.5 Å². The largest absolute Gasteiger partial charge is 0.449 e. The van der Waals surface area contributed by atoms with Gasteiger partial charge in [0.1, 0.15) is 0 Å². The SMILES string of the molecule is O=C(NCC1CCCN2CCCCC12)c1ccc2nc(C(F)(F)F)[nH]c2c1. The van der Waals surface area contributed by atoms with Gasteiger partial charge in [0.2, 0.25) is 5.82 Å². The van der Waals surface area contributed by atoms with Crippen molar-refractivity contribution in [3.05, 3.63) is 29.6 Å². The Morgan fingerprint density at radius 3 is 2.85 bits per heavy atom. The summed E-state index contributed by atoms with van der Waals surface area (Å²) in [6.07, 6.45) is 1.39. The molecule has 3 heterocycles. The first-order chi connectivity index (χ1) is 12.9. The average Bonchev–Trinajstić information content (AvgIpc) is 3.10. The average molecular weight is 380 g/mol. The van der Waals surface area contributed by atoms with Gasteiger partial charge in [-0.15, -0.1) is 0 Å². The number of piperidine rings is 2. The number of nitrogens with zero attached hydrogens (tertiary/aromatic N) is 2. The normalized spacial score (nSPS) is 24.0. The second-order valence-corrected chi connectivity index (χ2v) is 7.53. The van der Waals surface area contributed by atoms with E-state index in [1.54, 1.807) is 0 Å². The zero-order valence-electron chi connectivity index (χ0n) is 15.0. The first-order valence-electron chi connectivity index (χ1n) is 9.51. The van der Waals surface area contributed by atoms with Crippen molar-refractivity contribution in [2.24, 2.45) is 5.92 Å². The van der Waals surface area contributed by atoms with Gasteiger partial charge in [0, 0.05) is 18.2 Å². The van der Waals surface area contributed by atoms with Crippen molar-refractivity contribution in [2.75, 3.05) is 19.6 Å². The second kappa shape index (κ2) is 7.14. The zero-order chi connectivity index (χ0) is 19.0. The Kier molecular flexibility index (Phi) is 4.84. The van der Waals surface area contributed by atoms with Crippen molar-refractivity contribution in [2.45, 2.75) is 44.3 Å². The van der Waals surface area contributed by atoms with Crippen LogP contribution in [0.25, 0.3) is 11.0 Å². The van der Waals surface area contributed by atoms with Gasteiger partial charge in [0.25, 0.3) is 5.91 Å². The highest BCUT2D eigenvalue weighted by Crippen LogP contribution is 2.31. The number of fused-ring (bicyclic) bond motifs is 2. The first kappa shape index (κ1) is 18.3. The Morgan fingerprint density at radius 2 is 2.04 bits per heavy atom. The Labute approximate surface area is 155 Å². The molecule has 2 N–H and O–H groups in total. The quantitative estimate of drug-likeness (QED) is 0.856. The molecule has 2 unspecified atom stereocenters. The number of aromatic amines is 1. The number of carbonyl (C=O) groups is 1. The molecule has 2 aromatic rings. The van der Waals surface area contributed by atoms with Crippen molar-refractivity contribution in [3.8, 4) is 0 Å². The molecule has 5 nitrogen and oxygen atoms in total. The number of carbonyl (C=O) groups excluding carboxylic acids is 1. The molecule has 2 fully saturated rings. The smallest absolute Gasteiger partial charge is 0.352 e. The highest BCUT2D eigenvalue weighted by Gasteiger charge is 2.35. The second-order valence-electron chi connectivity index (χ2n) is 7.53. The summed E-state index contributed by atoms with van der Waals surface area (Å²) >= 11 is 0. The molecule has 0 radical (unpaired) electrons. The number of alkyl halides is 3. The molecule has 2 atom stereocenters. The molecule has 8 heteroatoms. The molecule has 27 heavy (non-hydrogen) atoms. The van der Waals surface area contributed by atoms with Crippen LogP contribution in [0.1, 0.15) is 48.3 Å². The fraction of sp³-hybridized carbons (Fsp3) is 0.579. The number of aromatic nitrogens is 2. The number of nitrogens with one attached hydrogen (secondary N) is 2. The van der Waals surface area contributed by atoms with E-state index in [2.05, 4.69) is 20.2 Å². The van der Waals surface area contributed by atoms with Crippen LogP contribution in [0.15, 0.2) is 18.2 Å². The Balaban J connectivity index is 1.43. The maximum Gasteiger partial charge on any atom is 0.449 e. The van der Waals surface area contributed by atoms with Gasteiger partial charge in [-0.3, -0.25) is 4.79 Å². The third-order valence-corrected chi connectivity index (χ3v) is 5.77. The predicted octanol–water partition coefficient (Wildman–Crippen LogP) is 3.58. The van der Waals surface area contributed by atoms with Crippen LogP contribution in [0, 0.1) is 5.92 Å². The molecule has 2 aliphatic heterocycles. The van der Waals surface area contributed by atoms with E-state index in [-0.39, 0.29) is 16.9 Å². The van der Waals surface area contributed by atoms with Crippen molar-refractivity contribution >= 4 is 16.9 Å². The minimum atomic E-state index is -4.53. The molecule has 0 aliphatic carbocycles. The first-order valence-corrected chi connectivity index (χ1v) is 9.51. The zero-order valence-corrected chi connectivity index (χ0v) is 15.0. The number of benzene rings is 1. The third-order valence-electron chi connectivity index (χ3n) is 5.77. The minimum Gasteiger partial charge on any atom is -0.352 e. The summed E-state index contributed by atoms with van der Waals surface area (Å²) in [5, 5.41) is 2.98. The predicted molar refractivity (Wildman–Crippen MR) is 95.4 cm³/mol. The van der Waals surface area contributed by atoms with Gasteiger partial charge in [-0.25, -0.2) is 4.98 Å². The summed E-state index contributed by atoms with van der Waals surface area (Å²) in [6, 6.07) is 4.93. The van der Waals surface area contributed by atoms with Crippen molar-refractivity contribution in [3.63, 3.8) is 0 Å². The van der Waals surface area contributed by atoms with E-state index in [0.717, 1.165) is 25.9 Å². The van der Waals surface area contributed by atoms with Crippen LogP contribution in [0.2, 0.25) is 0 Å². The number of imidazole rings is 1. The van der Waals surface area contributed by atoms with Crippen molar-refractivity contribution in [1.82, 2.24) is 20.2 Å². The van der Waals surface area contributed by atoms with E-state index in [0.29, 0.717) is 24.1 Å². The van der Waals surface area contributed by atoms with E-state index >= 15 is 0 Å². The third kappa shape index (κ3) is 3.81. The molecular formula is C19H23F3N4O. The number of rotatable bonds is 3. The molecule has 2 saturated heterocycles. The van der Waals surface area contributed by atoms with Gasteiger partial charge in [-0.2, -0.15) is 13.2 Å². The number of amides is 1. The summed E-state index contributed by atoms with van der Waals surface area (Å²) in [6.45, 7) is 2.90. The molecule has 0 spiro atoms. The summed E-state index contributed by atoms with van der Waals surface area (Å²) in [4.78, 5) is 20.8. The lowest BCUT2D eigenvalue weighted by molar-refractivity contribution is -0.144. The lowest BCUT2D eigenvalue weighted by Gasteiger charge is -2.44. The number of halogens is 3. The summed E-state index contributed by atoms with van der Waals surface area (Å²) < 4.78 is 38.3. The molecule has 1 aromatic carbocycles. The fourth-order valence-corrected chi connectivity index (χ4v) is 4.43. The molecule has 1 amide bonds. The number of hydrogen-bond donors (Lipinski definition) is 2. The molecule has 0 saturated carbocycles. The molecule has 2 aliphatic rings. The fourth-order valence-electron chi connectivity index (χ4n) is 4.43. The van der Waals surface area contributed by atoms with Gasteiger partial charge in [0.15, 0.2) is 0 Å². The number of hydrogen-bond acceptors (Lipinski definition) is 3. The van der Waals surface area contributed by atoms with Gasteiger partial charge >= 0.3 is 6.18 Å². The Bertz CT molecular complexity index is 830. The maximum atomic E-state index is 12.8. The maximum absolute atomic E-state index is 12.8. The van der Waals surface area contributed by atoms with Crippen LogP contribution < -0.4 is 5.32 Å². The van der Waals surface area contributed by atoms with Crippen LogP contribution in [0.4, 0.5) is 13.2 Å². The molecule has 0 bridgehead atoms. The Hall–Kier alpha value is -2.09. The lowest BCUT2D eigenvalue weighted by Crippen LogP contribution is -2.51. The number of H-pyrrole nitrogens is 1. The van der Waals surface area contributed by atoms with Crippen molar-refractivity contribution < 1.29 is 18.0 Å². The van der Waals surface area contributed by atoms with Crippen LogP contribution in [0.5, 0.6) is 0 Å². The monoisotopic (exact) mass is 380 g/mol. The van der Waals surface area contributed by atoms with E-state index < -0.39 is 12.0 Å². The molecule has 4 rings (SSSR count). The van der Waals surface area contributed by atoms with Crippen LogP contribution in [-0.2, 0) is 6.18 Å². The van der Waals surface area contributed by atoms with E-state index in [1.807, 2.05) is 0 Å². The summed E-state index contributed by atoms with van der Waals surface area (Å²) in [7, 11) is 0. The summed E-state index contributed by atoms with van der Waals surface area (Å²) in [5.41, 5.74) is 0.756. The van der Waals surface area contributed by atoms with Crippen LogP contribution in [-0.4, -0.2) is 46.5 Å². The highest BCUT2D eigenvalue weighted by molar-refractivity contribution is 5.97.